The number of aromatic nitrogens is 2. The lowest BCUT2D eigenvalue weighted by atomic mass is 9.89. The molecule has 1 aliphatic carbocycles. The molecule has 1 N–H and O–H groups in total. The molecule has 2 heterocycles. The number of hydrogen-bond donors (Lipinski definition) is 1. The van der Waals surface area contributed by atoms with Crippen molar-refractivity contribution < 1.29 is 0 Å². The normalized spacial score (nSPS) is 17.4. The van der Waals surface area contributed by atoms with Crippen molar-refractivity contribution in [3.63, 3.8) is 0 Å². The zero-order valence-electron chi connectivity index (χ0n) is 13.2. The van der Waals surface area contributed by atoms with E-state index >= 15 is 0 Å². The van der Waals surface area contributed by atoms with Crippen LogP contribution in [0.25, 0.3) is 15.9 Å². The lowest BCUT2D eigenvalue weighted by molar-refractivity contribution is 0.509. The van der Waals surface area contributed by atoms with Gasteiger partial charge >= 0.3 is 5.69 Å². The van der Waals surface area contributed by atoms with Gasteiger partial charge in [0.25, 0.3) is 5.56 Å². The molecule has 5 heteroatoms. The Morgan fingerprint density at radius 3 is 2.70 bits per heavy atom. The van der Waals surface area contributed by atoms with Crippen molar-refractivity contribution in [1.82, 2.24) is 9.55 Å². The minimum atomic E-state index is -0.363. The van der Waals surface area contributed by atoms with E-state index in [1.807, 2.05) is 31.2 Å². The summed E-state index contributed by atoms with van der Waals surface area (Å²) in [4.78, 5) is 30.3. The van der Waals surface area contributed by atoms with Gasteiger partial charge < -0.3 is 0 Å². The SMILES string of the molecule is Cc1ccc(-n2c(=O)[nH]c3sc4c(c3c2=O)CC[C@@H](C)C4)cc1. The van der Waals surface area contributed by atoms with E-state index in [4.69, 9.17) is 0 Å². The quantitative estimate of drug-likeness (QED) is 0.747. The van der Waals surface area contributed by atoms with Gasteiger partial charge in [-0.15, -0.1) is 11.3 Å². The van der Waals surface area contributed by atoms with E-state index in [9.17, 15) is 9.59 Å². The molecule has 0 aliphatic heterocycles. The molecule has 0 spiro atoms. The molecule has 1 atom stereocenters. The molecule has 118 valence electrons. The maximum absolute atomic E-state index is 13.0. The first kappa shape index (κ1) is 14.5. The van der Waals surface area contributed by atoms with Gasteiger partial charge in [0.15, 0.2) is 0 Å². The fraction of sp³-hybridized carbons (Fsp3) is 0.333. The Morgan fingerprint density at radius 2 is 1.96 bits per heavy atom. The van der Waals surface area contributed by atoms with Crippen molar-refractivity contribution in [2.24, 2.45) is 5.92 Å². The third kappa shape index (κ3) is 2.27. The highest BCUT2D eigenvalue weighted by Gasteiger charge is 2.23. The van der Waals surface area contributed by atoms with E-state index in [1.54, 1.807) is 11.3 Å². The molecule has 0 fully saturated rings. The Morgan fingerprint density at radius 1 is 1.22 bits per heavy atom. The van der Waals surface area contributed by atoms with E-state index < -0.39 is 0 Å². The van der Waals surface area contributed by atoms with Gasteiger partial charge in [0.05, 0.1) is 11.1 Å². The summed E-state index contributed by atoms with van der Waals surface area (Å²) < 4.78 is 1.26. The van der Waals surface area contributed by atoms with E-state index in [0.29, 0.717) is 17.0 Å². The summed E-state index contributed by atoms with van der Waals surface area (Å²) in [7, 11) is 0. The number of benzene rings is 1. The Labute approximate surface area is 137 Å². The Bertz CT molecular complexity index is 1010. The van der Waals surface area contributed by atoms with Crippen LogP contribution in [-0.4, -0.2) is 9.55 Å². The Balaban J connectivity index is 2.02. The number of hydrogen-bond acceptors (Lipinski definition) is 3. The lowest BCUT2D eigenvalue weighted by Gasteiger charge is -2.17. The average molecular weight is 326 g/mol. The van der Waals surface area contributed by atoms with Crippen LogP contribution in [-0.2, 0) is 12.8 Å². The number of aromatic amines is 1. The van der Waals surface area contributed by atoms with Gasteiger partial charge in [0, 0.05) is 4.88 Å². The standard InChI is InChI=1S/C18H18N2O2S/c1-10-3-6-12(7-4-10)20-17(21)15-13-8-5-11(2)9-14(13)23-16(15)19-18(20)22/h3-4,6-7,11H,5,8-9H2,1-2H3,(H,19,22)/t11-/m1/s1. The highest BCUT2D eigenvalue weighted by atomic mass is 32.1. The molecule has 2 aromatic heterocycles. The summed E-state index contributed by atoms with van der Waals surface area (Å²) in [5, 5.41) is 0.706. The Kier molecular flexibility index (Phi) is 3.27. The van der Waals surface area contributed by atoms with Crippen LogP contribution in [0.5, 0.6) is 0 Å². The van der Waals surface area contributed by atoms with Gasteiger partial charge in [-0.3, -0.25) is 9.78 Å². The predicted molar refractivity (Wildman–Crippen MR) is 94.0 cm³/mol. The molecule has 4 rings (SSSR count). The maximum Gasteiger partial charge on any atom is 0.334 e. The zero-order valence-corrected chi connectivity index (χ0v) is 14.0. The first-order chi connectivity index (χ1) is 11.0. The maximum atomic E-state index is 13.0. The van der Waals surface area contributed by atoms with Crippen molar-refractivity contribution in [3.8, 4) is 5.69 Å². The van der Waals surface area contributed by atoms with Crippen molar-refractivity contribution in [2.45, 2.75) is 33.1 Å². The van der Waals surface area contributed by atoms with Gasteiger partial charge in [0.1, 0.15) is 4.83 Å². The second kappa shape index (κ2) is 5.20. The first-order valence-electron chi connectivity index (χ1n) is 7.91. The van der Waals surface area contributed by atoms with Crippen LogP contribution in [0.15, 0.2) is 33.9 Å². The number of aryl methyl sites for hydroxylation is 2. The number of thiophene rings is 1. The number of nitrogens with one attached hydrogen (secondary N) is 1. The highest BCUT2D eigenvalue weighted by molar-refractivity contribution is 7.18. The van der Waals surface area contributed by atoms with Crippen LogP contribution in [0.4, 0.5) is 0 Å². The molecule has 1 aromatic carbocycles. The monoisotopic (exact) mass is 326 g/mol. The van der Waals surface area contributed by atoms with Crippen LogP contribution in [0, 0.1) is 12.8 Å². The van der Waals surface area contributed by atoms with Crippen LogP contribution in [0.1, 0.15) is 29.3 Å². The van der Waals surface area contributed by atoms with Crippen molar-refractivity contribution in [2.75, 3.05) is 0 Å². The number of nitrogens with zero attached hydrogens (tertiary/aromatic N) is 1. The zero-order chi connectivity index (χ0) is 16.1. The molecule has 0 unspecified atom stereocenters. The van der Waals surface area contributed by atoms with E-state index in [-0.39, 0.29) is 11.2 Å². The van der Waals surface area contributed by atoms with Crippen molar-refractivity contribution >= 4 is 21.6 Å². The van der Waals surface area contributed by atoms with Gasteiger partial charge in [-0.1, -0.05) is 24.6 Å². The fourth-order valence-electron chi connectivity index (χ4n) is 3.35. The van der Waals surface area contributed by atoms with Gasteiger partial charge in [-0.25, -0.2) is 9.36 Å². The van der Waals surface area contributed by atoms with Crippen LogP contribution < -0.4 is 11.2 Å². The minimum Gasteiger partial charge on any atom is -0.298 e. The molecule has 0 saturated heterocycles. The van der Waals surface area contributed by atoms with Gasteiger partial charge in [-0.05, 0) is 49.8 Å². The second-order valence-electron chi connectivity index (χ2n) is 6.46. The van der Waals surface area contributed by atoms with Crippen LogP contribution in [0.3, 0.4) is 0 Å². The molecule has 1 aliphatic rings. The summed E-state index contributed by atoms with van der Waals surface area (Å²) in [6.45, 7) is 4.22. The number of fused-ring (bicyclic) bond motifs is 3. The second-order valence-corrected chi connectivity index (χ2v) is 7.57. The van der Waals surface area contributed by atoms with E-state index in [2.05, 4.69) is 11.9 Å². The van der Waals surface area contributed by atoms with Gasteiger partial charge in [0.2, 0.25) is 0 Å². The summed E-state index contributed by atoms with van der Waals surface area (Å²) in [5.74, 6) is 0.640. The molecule has 0 radical (unpaired) electrons. The largest absolute Gasteiger partial charge is 0.334 e. The van der Waals surface area contributed by atoms with Crippen molar-refractivity contribution in [1.29, 1.82) is 0 Å². The molecular weight excluding hydrogens is 308 g/mol. The summed E-state index contributed by atoms with van der Waals surface area (Å²) in [6, 6.07) is 7.46. The predicted octanol–water partition coefficient (Wildman–Crippen LogP) is 3.17. The molecule has 3 aromatic rings. The molecule has 4 nitrogen and oxygen atoms in total. The summed E-state index contributed by atoms with van der Waals surface area (Å²) in [5.41, 5.74) is 2.30. The van der Waals surface area contributed by atoms with E-state index in [1.165, 1.54) is 9.44 Å². The molecule has 0 saturated carbocycles. The fourth-order valence-corrected chi connectivity index (χ4v) is 4.74. The molecule has 0 amide bonds. The van der Waals surface area contributed by atoms with Crippen LogP contribution >= 0.6 is 11.3 Å². The number of H-pyrrole nitrogens is 1. The van der Waals surface area contributed by atoms with Crippen LogP contribution in [0.2, 0.25) is 0 Å². The Hall–Kier alpha value is -2.14. The first-order valence-corrected chi connectivity index (χ1v) is 8.73. The van der Waals surface area contributed by atoms with E-state index in [0.717, 1.165) is 35.2 Å². The third-order valence-electron chi connectivity index (χ3n) is 4.64. The third-order valence-corrected chi connectivity index (χ3v) is 5.81. The average Bonchev–Trinajstić information content (AvgIpc) is 2.86. The van der Waals surface area contributed by atoms with Crippen molar-refractivity contribution in [3.05, 3.63) is 61.1 Å². The minimum absolute atomic E-state index is 0.195. The summed E-state index contributed by atoms with van der Waals surface area (Å²) in [6.07, 6.45) is 3.02. The highest BCUT2D eigenvalue weighted by Crippen LogP contribution is 2.35. The molecule has 23 heavy (non-hydrogen) atoms. The summed E-state index contributed by atoms with van der Waals surface area (Å²) >= 11 is 1.57. The molecule has 0 bridgehead atoms. The lowest BCUT2D eigenvalue weighted by Crippen LogP contribution is -2.33. The molecular formula is C18H18N2O2S. The smallest absolute Gasteiger partial charge is 0.298 e. The topological polar surface area (TPSA) is 54.9 Å². The number of rotatable bonds is 1. The van der Waals surface area contributed by atoms with Gasteiger partial charge in [-0.2, -0.15) is 0 Å².